The zero-order valence-electron chi connectivity index (χ0n) is 14.2. The molecule has 0 bridgehead atoms. The molecule has 0 spiro atoms. The topological polar surface area (TPSA) is 82.6 Å². The molecule has 0 radical (unpaired) electrons. The zero-order chi connectivity index (χ0) is 17.6. The van der Waals surface area contributed by atoms with E-state index < -0.39 is 11.9 Å². The number of carbonyl (C=O) groups excluding carboxylic acids is 1. The number of hydrogen-bond donors (Lipinski definition) is 2. The van der Waals surface area contributed by atoms with Gasteiger partial charge in [0.15, 0.2) is 0 Å². The molecule has 2 N–H and O–H groups in total. The van der Waals surface area contributed by atoms with Crippen LogP contribution in [-0.2, 0) is 16.0 Å². The number of rotatable bonds is 5. The largest absolute Gasteiger partial charge is 0.496 e. The molecule has 1 aromatic carbocycles. The highest BCUT2D eigenvalue weighted by Gasteiger charge is 2.46. The number of amides is 1. The molecular formula is C19H22N2O4. The molecule has 2 heterocycles. The Kier molecular flexibility index (Phi) is 3.90. The van der Waals surface area contributed by atoms with Crippen molar-refractivity contribution in [3.05, 3.63) is 30.0 Å². The van der Waals surface area contributed by atoms with Gasteiger partial charge in [0.2, 0.25) is 5.91 Å². The fourth-order valence-corrected chi connectivity index (χ4v) is 4.10. The summed E-state index contributed by atoms with van der Waals surface area (Å²) >= 11 is 0. The molecule has 4 rings (SSSR count). The number of likely N-dealkylation sites (tertiary alicyclic amines) is 1. The second-order valence-corrected chi connectivity index (χ2v) is 7.12. The van der Waals surface area contributed by atoms with Crippen LogP contribution in [0, 0.1) is 17.8 Å². The molecule has 1 saturated carbocycles. The maximum atomic E-state index is 12.8. The fourth-order valence-electron chi connectivity index (χ4n) is 4.10. The van der Waals surface area contributed by atoms with Crippen LogP contribution < -0.4 is 4.74 Å². The van der Waals surface area contributed by atoms with Crippen molar-refractivity contribution in [2.45, 2.75) is 19.3 Å². The first-order valence-electron chi connectivity index (χ1n) is 8.72. The van der Waals surface area contributed by atoms with Crippen molar-refractivity contribution in [3.63, 3.8) is 0 Å². The van der Waals surface area contributed by atoms with Gasteiger partial charge in [-0.3, -0.25) is 9.59 Å². The number of H-pyrrole nitrogens is 1. The van der Waals surface area contributed by atoms with Crippen LogP contribution in [0.4, 0.5) is 0 Å². The highest BCUT2D eigenvalue weighted by molar-refractivity contribution is 5.93. The van der Waals surface area contributed by atoms with Gasteiger partial charge in [0, 0.05) is 30.2 Å². The molecule has 2 aliphatic rings. The number of carboxylic acid groups (broad SMARTS) is 1. The first-order valence-corrected chi connectivity index (χ1v) is 8.72. The van der Waals surface area contributed by atoms with E-state index in [2.05, 4.69) is 4.98 Å². The van der Waals surface area contributed by atoms with Gasteiger partial charge in [-0.25, -0.2) is 0 Å². The number of fused-ring (bicyclic) bond motifs is 1. The lowest BCUT2D eigenvalue weighted by molar-refractivity contribution is -0.142. The molecule has 6 nitrogen and oxygen atoms in total. The average molecular weight is 342 g/mol. The third-order valence-electron chi connectivity index (χ3n) is 5.57. The van der Waals surface area contributed by atoms with Crippen LogP contribution in [0.1, 0.15) is 18.4 Å². The molecule has 2 fully saturated rings. The van der Waals surface area contributed by atoms with Gasteiger partial charge in [-0.2, -0.15) is 0 Å². The number of carbonyl (C=O) groups is 2. The average Bonchev–Trinajstić information content (AvgIpc) is 3.21. The lowest BCUT2D eigenvalue weighted by atomic mass is 9.92. The predicted molar refractivity (Wildman–Crippen MR) is 92.5 cm³/mol. The van der Waals surface area contributed by atoms with E-state index in [9.17, 15) is 14.7 Å². The van der Waals surface area contributed by atoms with Gasteiger partial charge in [0.1, 0.15) is 5.75 Å². The first-order chi connectivity index (χ1) is 12.1. The van der Waals surface area contributed by atoms with E-state index in [1.165, 1.54) is 0 Å². The number of carboxylic acids is 1. The molecule has 1 aromatic heterocycles. The van der Waals surface area contributed by atoms with E-state index in [-0.39, 0.29) is 18.2 Å². The third-order valence-corrected chi connectivity index (χ3v) is 5.57. The van der Waals surface area contributed by atoms with Crippen molar-refractivity contribution in [1.82, 2.24) is 9.88 Å². The minimum atomic E-state index is -0.777. The summed E-state index contributed by atoms with van der Waals surface area (Å²) < 4.78 is 5.42. The SMILES string of the molecule is COc1cccc2[nH]cc(CC(=O)N3C[C@H](C(=O)O)[C@@H](C4CC4)C3)c12. The van der Waals surface area contributed by atoms with Gasteiger partial charge in [0.05, 0.1) is 19.4 Å². The van der Waals surface area contributed by atoms with Crippen LogP contribution in [0.2, 0.25) is 0 Å². The summed E-state index contributed by atoms with van der Waals surface area (Å²) in [6.45, 7) is 0.898. The normalized spacial score (nSPS) is 23.2. The monoisotopic (exact) mass is 342 g/mol. The number of hydrogen-bond acceptors (Lipinski definition) is 3. The summed E-state index contributed by atoms with van der Waals surface area (Å²) in [5.74, 6) is 0.115. The summed E-state index contributed by atoms with van der Waals surface area (Å²) in [6.07, 6.45) is 4.28. The summed E-state index contributed by atoms with van der Waals surface area (Å²) in [4.78, 5) is 29.2. The molecule has 132 valence electrons. The summed E-state index contributed by atoms with van der Waals surface area (Å²) in [7, 11) is 1.62. The molecule has 1 aliphatic carbocycles. The maximum absolute atomic E-state index is 12.8. The summed E-state index contributed by atoms with van der Waals surface area (Å²) in [5.41, 5.74) is 1.82. The molecule has 2 aromatic rings. The summed E-state index contributed by atoms with van der Waals surface area (Å²) in [6, 6.07) is 5.73. The molecular weight excluding hydrogens is 320 g/mol. The van der Waals surface area contributed by atoms with E-state index >= 15 is 0 Å². The Morgan fingerprint density at radius 2 is 2.12 bits per heavy atom. The van der Waals surface area contributed by atoms with Crippen molar-refractivity contribution in [1.29, 1.82) is 0 Å². The van der Waals surface area contributed by atoms with Crippen molar-refractivity contribution in [3.8, 4) is 5.75 Å². The quantitative estimate of drug-likeness (QED) is 0.873. The number of ether oxygens (including phenoxy) is 1. The van der Waals surface area contributed by atoms with Gasteiger partial charge in [-0.15, -0.1) is 0 Å². The molecule has 1 saturated heterocycles. The maximum Gasteiger partial charge on any atom is 0.308 e. The Morgan fingerprint density at radius 1 is 1.32 bits per heavy atom. The highest BCUT2D eigenvalue weighted by atomic mass is 16.5. The van der Waals surface area contributed by atoms with Crippen molar-refractivity contribution < 1.29 is 19.4 Å². The van der Waals surface area contributed by atoms with Gasteiger partial charge in [0.25, 0.3) is 0 Å². The van der Waals surface area contributed by atoms with E-state index in [1.807, 2.05) is 24.4 Å². The Labute approximate surface area is 145 Å². The minimum Gasteiger partial charge on any atom is -0.496 e. The number of methoxy groups -OCH3 is 1. The Balaban J connectivity index is 1.54. The number of nitrogens with one attached hydrogen (secondary N) is 1. The smallest absolute Gasteiger partial charge is 0.308 e. The number of aromatic nitrogens is 1. The van der Waals surface area contributed by atoms with E-state index in [0.717, 1.165) is 35.1 Å². The first kappa shape index (κ1) is 16.0. The molecule has 1 amide bonds. The van der Waals surface area contributed by atoms with Crippen molar-refractivity contribution in [2.24, 2.45) is 17.8 Å². The van der Waals surface area contributed by atoms with Crippen LogP contribution >= 0.6 is 0 Å². The lowest BCUT2D eigenvalue weighted by Crippen LogP contribution is -2.31. The Bertz CT molecular complexity index is 824. The van der Waals surface area contributed by atoms with Gasteiger partial charge >= 0.3 is 5.97 Å². The van der Waals surface area contributed by atoms with Crippen LogP contribution in [-0.4, -0.2) is 47.1 Å². The molecule has 0 unspecified atom stereocenters. The van der Waals surface area contributed by atoms with E-state index in [0.29, 0.717) is 19.0 Å². The number of aliphatic carboxylic acids is 1. The number of nitrogens with zero attached hydrogens (tertiary/aromatic N) is 1. The molecule has 2 atom stereocenters. The minimum absolute atomic E-state index is 0.0128. The van der Waals surface area contributed by atoms with Crippen molar-refractivity contribution >= 4 is 22.8 Å². The summed E-state index contributed by atoms with van der Waals surface area (Å²) in [5, 5.41) is 10.4. The van der Waals surface area contributed by atoms with Crippen LogP contribution in [0.15, 0.2) is 24.4 Å². The van der Waals surface area contributed by atoms with Crippen LogP contribution in [0.3, 0.4) is 0 Å². The lowest BCUT2D eigenvalue weighted by Gasteiger charge is -2.16. The third kappa shape index (κ3) is 2.86. The van der Waals surface area contributed by atoms with Gasteiger partial charge in [-0.05, 0) is 42.4 Å². The number of aromatic amines is 1. The second-order valence-electron chi connectivity index (χ2n) is 7.12. The fraction of sp³-hybridized carbons (Fsp3) is 0.474. The zero-order valence-corrected chi connectivity index (χ0v) is 14.2. The standard InChI is InChI=1S/C19H22N2O4/c1-25-16-4-2-3-15-18(16)12(8-20-15)7-17(22)21-9-13(11-5-6-11)14(10-21)19(23)24/h2-4,8,11,13-14,20H,5-7,9-10H2,1H3,(H,23,24)/t13-,14+/m1/s1. The molecule has 1 aliphatic heterocycles. The second kappa shape index (κ2) is 6.10. The van der Waals surface area contributed by atoms with Crippen molar-refractivity contribution in [2.75, 3.05) is 20.2 Å². The van der Waals surface area contributed by atoms with E-state index in [4.69, 9.17) is 4.74 Å². The molecule has 6 heteroatoms. The Morgan fingerprint density at radius 3 is 2.80 bits per heavy atom. The van der Waals surface area contributed by atoms with Crippen LogP contribution in [0.25, 0.3) is 10.9 Å². The van der Waals surface area contributed by atoms with Gasteiger partial charge in [-0.1, -0.05) is 6.07 Å². The number of benzene rings is 1. The predicted octanol–water partition coefficient (Wildman–Crippen LogP) is 2.29. The van der Waals surface area contributed by atoms with Gasteiger partial charge < -0.3 is 19.7 Å². The van der Waals surface area contributed by atoms with E-state index in [1.54, 1.807) is 12.0 Å². The van der Waals surface area contributed by atoms with Crippen LogP contribution in [0.5, 0.6) is 5.75 Å². The molecule has 25 heavy (non-hydrogen) atoms. The Hall–Kier alpha value is -2.50. The highest BCUT2D eigenvalue weighted by Crippen LogP contribution is 2.44.